The fourth-order valence-electron chi connectivity index (χ4n) is 0.973. The van der Waals surface area contributed by atoms with Crippen LogP contribution in [0.1, 0.15) is 10.4 Å². The van der Waals surface area contributed by atoms with Crippen LogP contribution in [0.15, 0.2) is 29.2 Å². The Bertz CT molecular complexity index is 510. The normalized spacial score (nSPS) is 10.6. The summed E-state index contributed by atoms with van der Waals surface area (Å²) in [7, 11) is -3.61. The van der Waals surface area contributed by atoms with E-state index in [4.69, 9.17) is 10.4 Å². The van der Waals surface area contributed by atoms with E-state index in [2.05, 4.69) is 0 Å². The van der Waals surface area contributed by atoms with Gasteiger partial charge in [0.25, 0.3) is 0 Å². The number of carboxylic acids is 1. The van der Waals surface area contributed by atoms with E-state index in [0.717, 1.165) is 0 Å². The van der Waals surface area contributed by atoms with Crippen molar-refractivity contribution in [3.8, 4) is 6.07 Å². The number of carbonyl (C=O) groups is 1. The maximum Gasteiger partial charge on any atom is 0.335 e. The minimum Gasteiger partial charge on any atom is -0.478 e. The van der Waals surface area contributed by atoms with E-state index < -0.39 is 21.6 Å². The van der Waals surface area contributed by atoms with Gasteiger partial charge in [-0.2, -0.15) is 5.26 Å². The van der Waals surface area contributed by atoms with E-state index in [1.807, 2.05) is 0 Å². The molecule has 0 saturated carbocycles. The molecule has 0 saturated heterocycles. The zero-order valence-electron chi connectivity index (χ0n) is 7.54. The first-order chi connectivity index (χ1) is 6.97. The Balaban J connectivity index is 3.11. The van der Waals surface area contributed by atoms with Gasteiger partial charge in [0.2, 0.25) is 0 Å². The third-order valence-electron chi connectivity index (χ3n) is 1.71. The molecule has 0 heterocycles. The van der Waals surface area contributed by atoms with E-state index in [9.17, 15) is 13.2 Å². The van der Waals surface area contributed by atoms with Crippen molar-refractivity contribution in [2.75, 3.05) is 5.75 Å². The van der Waals surface area contributed by atoms with Gasteiger partial charge in [0.15, 0.2) is 9.84 Å². The van der Waals surface area contributed by atoms with Crippen LogP contribution in [0.5, 0.6) is 0 Å². The molecule has 0 aromatic heterocycles. The van der Waals surface area contributed by atoms with Crippen molar-refractivity contribution in [3.05, 3.63) is 29.8 Å². The van der Waals surface area contributed by atoms with E-state index in [1.54, 1.807) is 0 Å². The molecule has 6 heteroatoms. The summed E-state index contributed by atoms with van der Waals surface area (Å²) in [6.45, 7) is 0. The fraction of sp³-hybridized carbons (Fsp3) is 0.111. The smallest absolute Gasteiger partial charge is 0.335 e. The first kappa shape index (κ1) is 11.2. The van der Waals surface area contributed by atoms with Gasteiger partial charge in [0, 0.05) is 0 Å². The van der Waals surface area contributed by atoms with Gasteiger partial charge in [0.1, 0.15) is 5.75 Å². The quantitative estimate of drug-likeness (QED) is 0.816. The summed E-state index contributed by atoms with van der Waals surface area (Å²) in [5.74, 6) is -1.74. The minimum atomic E-state index is -3.61. The lowest BCUT2D eigenvalue weighted by molar-refractivity contribution is 0.0697. The number of carboxylic acid groups (broad SMARTS) is 1. The molecule has 78 valence electrons. The Hall–Kier alpha value is -1.87. The van der Waals surface area contributed by atoms with Gasteiger partial charge < -0.3 is 5.11 Å². The van der Waals surface area contributed by atoms with E-state index in [0.29, 0.717) is 0 Å². The molecule has 1 rings (SSSR count). The lowest BCUT2D eigenvalue weighted by Crippen LogP contribution is -2.05. The molecule has 1 aromatic rings. The average Bonchev–Trinajstić information content (AvgIpc) is 2.18. The Labute approximate surface area is 86.5 Å². The molecule has 0 amide bonds. The highest BCUT2D eigenvalue weighted by Crippen LogP contribution is 2.12. The molecule has 0 atom stereocenters. The number of sulfone groups is 1. The third kappa shape index (κ3) is 2.54. The molecule has 0 fully saturated rings. The second-order valence-electron chi connectivity index (χ2n) is 2.75. The van der Waals surface area contributed by atoms with Crippen LogP contribution < -0.4 is 0 Å². The zero-order valence-corrected chi connectivity index (χ0v) is 8.36. The second-order valence-corrected chi connectivity index (χ2v) is 4.74. The van der Waals surface area contributed by atoms with Crippen molar-refractivity contribution in [1.29, 1.82) is 5.26 Å². The summed E-state index contributed by atoms with van der Waals surface area (Å²) in [6.07, 6.45) is 0. The van der Waals surface area contributed by atoms with Gasteiger partial charge in [-0.15, -0.1) is 0 Å². The first-order valence-electron chi connectivity index (χ1n) is 3.90. The van der Waals surface area contributed by atoms with Crippen molar-refractivity contribution < 1.29 is 18.3 Å². The highest BCUT2D eigenvalue weighted by Gasteiger charge is 2.14. The van der Waals surface area contributed by atoms with E-state index >= 15 is 0 Å². The number of hydrogen-bond donors (Lipinski definition) is 1. The minimum absolute atomic E-state index is 0.00547. The Morgan fingerprint density at radius 1 is 1.33 bits per heavy atom. The molecule has 0 bridgehead atoms. The summed E-state index contributed by atoms with van der Waals surface area (Å²) in [5, 5.41) is 16.9. The number of benzene rings is 1. The Morgan fingerprint density at radius 2 is 1.87 bits per heavy atom. The molecule has 0 spiro atoms. The van der Waals surface area contributed by atoms with Crippen LogP contribution in [0, 0.1) is 11.3 Å². The number of nitrogens with zero attached hydrogens (tertiary/aromatic N) is 1. The lowest BCUT2D eigenvalue weighted by Gasteiger charge is -1.99. The number of rotatable bonds is 3. The van der Waals surface area contributed by atoms with Gasteiger partial charge in [0.05, 0.1) is 16.5 Å². The van der Waals surface area contributed by atoms with Crippen molar-refractivity contribution >= 4 is 15.8 Å². The van der Waals surface area contributed by atoms with Crippen LogP contribution in [0.4, 0.5) is 0 Å². The zero-order chi connectivity index (χ0) is 11.5. The highest BCUT2D eigenvalue weighted by molar-refractivity contribution is 7.91. The van der Waals surface area contributed by atoms with Crippen molar-refractivity contribution in [2.45, 2.75) is 4.90 Å². The second kappa shape index (κ2) is 4.11. The van der Waals surface area contributed by atoms with Crippen LogP contribution in [-0.2, 0) is 9.84 Å². The third-order valence-corrected chi connectivity index (χ3v) is 3.21. The van der Waals surface area contributed by atoms with Gasteiger partial charge in [-0.25, -0.2) is 13.2 Å². The number of hydrogen-bond acceptors (Lipinski definition) is 4. The molecule has 1 aromatic carbocycles. The number of nitriles is 1. The topological polar surface area (TPSA) is 95.2 Å². The molecule has 0 aliphatic carbocycles. The van der Waals surface area contributed by atoms with Crippen LogP contribution in [0.3, 0.4) is 0 Å². The molecule has 15 heavy (non-hydrogen) atoms. The fourth-order valence-corrected chi connectivity index (χ4v) is 1.86. The molecule has 1 N–H and O–H groups in total. The standard InChI is InChI=1S/C9H7NO4S/c10-5-6-15(13,14)8-3-1-7(2-4-8)9(11)12/h1-4H,6H2,(H,11,12). The lowest BCUT2D eigenvalue weighted by atomic mass is 10.2. The SMILES string of the molecule is N#CCS(=O)(=O)c1ccc(C(=O)O)cc1. The van der Waals surface area contributed by atoms with Gasteiger partial charge in [-0.05, 0) is 24.3 Å². The van der Waals surface area contributed by atoms with Gasteiger partial charge in [-0.3, -0.25) is 0 Å². The largest absolute Gasteiger partial charge is 0.478 e. The van der Waals surface area contributed by atoms with Crippen molar-refractivity contribution in [3.63, 3.8) is 0 Å². The highest BCUT2D eigenvalue weighted by atomic mass is 32.2. The van der Waals surface area contributed by atoms with Crippen molar-refractivity contribution in [1.82, 2.24) is 0 Å². The maximum absolute atomic E-state index is 11.3. The Kier molecular flexibility index (Phi) is 3.07. The predicted molar refractivity (Wildman–Crippen MR) is 51.1 cm³/mol. The van der Waals surface area contributed by atoms with Gasteiger partial charge >= 0.3 is 5.97 Å². The summed E-state index contributed by atoms with van der Waals surface area (Å²) in [4.78, 5) is 10.4. The van der Waals surface area contributed by atoms with Crippen LogP contribution in [-0.4, -0.2) is 25.2 Å². The monoisotopic (exact) mass is 225 g/mol. The molecule has 0 radical (unpaired) electrons. The summed E-state index contributed by atoms with van der Waals surface area (Å²) in [5.41, 5.74) is 0.00547. The summed E-state index contributed by atoms with van der Waals surface area (Å²) >= 11 is 0. The average molecular weight is 225 g/mol. The van der Waals surface area contributed by atoms with Crippen LogP contribution >= 0.6 is 0 Å². The molecule has 5 nitrogen and oxygen atoms in total. The molecular formula is C9H7NO4S. The molecule has 0 aliphatic heterocycles. The predicted octanol–water partition coefficient (Wildman–Crippen LogP) is 0.682. The Morgan fingerprint density at radius 3 is 2.27 bits per heavy atom. The molecule has 0 unspecified atom stereocenters. The summed E-state index contributed by atoms with van der Waals surface area (Å²) in [6, 6.07) is 6.27. The first-order valence-corrected chi connectivity index (χ1v) is 5.55. The van der Waals surface area contributed by atoms with Crippen molar-refractivity contribution in [2.24, 2.45) is 0 Å². The molecule has 0 aliphatic rings. The maximum atomic E-state index is 11.3. The van der Waals surface area contributed by atoms with Crippen LogP contribution in [0.25, 0.3) is 0 Å². The summed E-state index contributed by atoms with van der Waals surface area (Å²) < 4.78 is 22.7. The number of aromatic carboxylic acids is 1. The molecular weight excluding hydrogens is 218 g/mol. The van der Waals surface area contributed by atoms with Crippen LogP contribution in [0.2, 0.25) is 0 Å². The van der Waals surface area contributed by atoms with E-state index in [-0.39, 0.29) is 10.5 Å². The van der Waals surface area contributed by atoms with E-state index in [1.165, 1.54) is 30.3 Å². The van der Waals surface area contributed by atoms with Gasteiger partial charge in [-0.1, -0.05) is 0 Å².